The third-order valence-electron chi connectivity index (χ3n) is 9.42. The summed E-state index contributed by atoms with van der Waals surface area (Å²) in [6.45, 7) is 3.14. The maximum Gasteiger partial charge on any atom is 0.246 e. The third-order valence-corrected chi connectivity index (χ3v) is 10.2. The molecule has 3 saturated heterocycles. The minimum absolute atomic E-state index is 0.107. The van der Waals surface area contributed by atoms with Crippen LogP contribution in [0.5, 0.6) is 0 Å². The summed E-state index contributed by atoms with van der Waals surface area (Å²) in [5, 5.41) is 6.88. The summed E-state index contributed by atoms with van der Waals surface area (Å²) in [7, 11) is 0. The molecule has 0 unspecified atom stereocenters. The zero-order valence-corrected chi connectivity index (χ0v) is 24.3. The Morgan fingerprint density at radius 3 is 2.40 bits per heavy atom. The van der Waals surface area contributed by atoms with Gasteiger partial charge in [-0.15, -0.1) is 0 Å². The maximum atomic E-state index is 14.2. The van der Waals surface area contributed by atoms with E-state index in [1.807, 2.05) is 12.2 Å². The molecule has 2 N–H and O–H groups in total. The molecular weight excluding hydrogens is 551 g/mol. The third kappa shape index (κ3) is 5.17. The molecule has 0 aromatic heterocycles. The van der Waals surface area contributed by atoms with Gasteiger partial charge in [-0.1, -0.05) is 67.5 Å². The van der Waals surface area contributed by atoms with Gasteiger partial charge in [-0.3, -0.25) is 14.4 Å². The molecule has 3 amide bonds. The summed E-state index contributed by atoms with van der Waals surface area (Å²) in [6.07, 6.45) is 13.2. The largest absolute Gasteiger partial charge is 0.359 e. The van der Waals surface area contributed by atoms with Crippen molar-refractivity contribution in [2.45, 2.75) is 81.6 Å². The van der Waals surface area contributed by atoms with Crippen molar-refractivity contribution in [3.63, 3.8) is 0 Å². The van der Waals surface area contributed by atoms with E-state index in [-0.39, 0.29) is 23.8 Å². The number of nitrogens with one attached hydrogen (secondary N) is 2. The van der Waals surface area contributed by atoms with Crippen molar-refractivity contribution in [1.82, 2.24) is 15.1 Å². The van der Waals surface area contributed by atoms with Crippen molar-refractivity contribution in [1.29, 1.82) is 0 Å². The number of nitrogens with zero attached hydrogens (tertiary/aromatic N) is 2. The van der Waals surface area contributed by atoms with Crippen LogP contribution >= 0.6 is 23.2 Å². The molecule has 6 rings (SSSR count). The van der Waals surface area contributed by atoms with Crippen LogP contribution in [0.15, 0.2) is 30.4 Å². The minimum Gasteiger partial charge on any atom is -0.359 e. The van der Waals surface area contributed by atoms with Crippen molar-refractivity contribution >= 4 is 46.6 Å². The first-order chi connectivity index (χ1) is 19.4. The average molecular weight is 590 g/mol. The monoisotopic (exact) mass is 588 g/mol. The summed E-state index contributed by atoms with van der Waals surface area (Å²) in [5.41, 5.74) is -0.658. The number of benzene rings is 1. The lowest BCUT2D eigenvalue weighted by Gasteiger charge is -2.35. The van der Waals surface area contributed by atoms with Gasteiger partial charge in [-0.2, -0.15) is 0 Å². The van der Waals surface area contributed by atoms with Gasteiger partial charge in [-0.05, 0) is 57.0 Å². The fraction of sp³-hybridized carbons (Fsp3) is 0.633. The molecule has 2 bridgehead atoms. The van der Waals surface area contributed by atoms with E-state index in [9.17, 15) is 14.4 Å². The summed E-state index contributed by atoms with van der Waals surface area (Å²) in [4.78, 5) is 45.9. The quantitative estimate of drug-likeness (QED) is 0.460. The topological polar surface area (TPSA) is 91.0 Å². The van der Waals surface area contributed by atoms with Gasteiger partial charge in [0.1, 0.15) is 11.6 Å². The van der Waals surface area contributed by atoms with Crippen molar-refractivity contribution in [2.24, 2.45) is 11.8 Å². The number of amides is 3. The van der Waals surface area contributed by atoms with E-state index in [1.54, 1.807) is 23.1 Å². The SMILES string of the molecule is O=C(Nc1ccc(Cl)c(Cl)c1)[C@@H]1[C@@H]2C=C[C@]3(O2)[C@@H]1C(=O)N(CCN1CCCCCC1)[C@H]3C(=O)NC1CCCCC1. The van der Waals surface area contributed by atoms with Crippen LogP contribution < -0.4 is 10.6 Å². The number of fused-ring (bicyclic) bond motifs is 1. The second kappa shape index (κ2) is 11.6. The van der Waals surface area contributed by atoms with E-state index < -0.39 is 29.6 Å². The molecule has 1 aliphatic carbocycles. The van der Waals surface area contributed by atoms with Gasteiger partial charge in [0.15, 0.2) is 0 Å². The number of hydrogen-bond acceptors (Lipinski definition) is 5. The Labute approximate surface area is 245 Å². The predicted octanol–water partition coefficient (Wildman–Crippen LogP) is 4.41. The van der Waals surface area contributed by atoms with Crippen LogP contribution in [0.3, 0.4) is 0 Å². The number of hydrogen-bond donors (Lipinski definition) is 2. The standard InChI is InChI=1S/C30H38Cl2N4O4/c31-21-11-10-20(18-22(21)32)34-27(37)24-23-12-13-30(40-23)25(24)29(39)36(17-16-35-14-6-1-2-7-15-35)26(30)28(38)33-19-8-4-3-5-9-19/h10-13,18-19,23-26H,1-9,14-17H2,(H,33,38)(H,34,37)/t23-,24+,25-,26-,30-/m0/s1. The fourth-order valence-electron chi connectivity index (χ4n) is 7.44. The molecule has 4 aliphatic heterocycles. The Kier molecular flexibility index (Phi) is 8.14. The van der Waals surface area contributed by atoms with Gasteiger partial charge in [0.25, 0.3) is 0 Å². The number of halogens is 2. The normalized spacial score (nSPS) is 32.2. The van der Waals surface area contributed by atoms with Crippen molar-refractivity contribution in [2.75, 3.05) is 31.5 Å². The zero-order chi connectivity index (χ0) is 27.9. The molecule has 5 aliphatic rings. The number of likely N-dealkylation sites (tertiary alicyclic amines) is 2. The van der Waals surface area contributed by atoms with Gasteiger partial charge < -0.3 is 25.2 Å². The highest BCUT2D eigenvalue weighted by Crippen LogP contribution is 2.55. The van der Waals surface area contributed by atoms with Crippen LogP contribution in [0.25, 0.3) is 0 Å². The van der Waals surface area contributed by atoms with Crippen LogP contribution in [0.2, 0.25) is 10.0 Å². The molecule has 40 heavy (non-hydrogen) atoms. The number of ether oxygens (including phenoxy) is 1. The van der Waals surface area contributed by atoms with Crippen LogP contribution in [0, 0.1) is 11.8 Å². The van der Waals surface area contributed by atoms with E-state index >= 15 is 0 Å². The summed E-state index contributed by atoms with van der Waals surface area (Å²) in [5.74, 6) is -2.19. The summed E-state index contributed by atoms with van der Waals surface area (Å²) >= 11 is 12.2. The lowest BCUT2D eigenvalue weighted by atomic mass is 9.74. The average Bonchev–Trinajstić information content (AvgIpc) is 3.49. The zero-order valence-electron chi connectivity index (χ0n) is 22.7. The lowest BCUT2D eigenvalue weighted by Crippen LogP contribution is -2.57. The molecule has 1 saturated carbocycles. The molecule has 8 nitrogen and oxygen atoms in total. The first-order valence-electron chi connectivity index (χ1n) is 14.8. The fourth-order valence-corrected chi connectivity index (χ4v) is 7.74. The van der Waals surface area contributed by atoms with Gasteiger partial charge in [0, 0.05) is 24.8 Å². The molecule has 4 fully saturated rings. The summed E-state index contributed by atoms with van der Waals surface area (Å²) in [6, 6.07) is 4.19. The van der Waals surface area contributed by atoms with Gasteiger partial charge >= 0.3 is 0 Å². The molecular formula is C30H38Cl2N4O4. The van der Waals surface area contributed by atoms with E-state index in [0.29, 0.717) is 28.8 Å². The molecule has 10 heteroatoms. The smallest absolute Gasteiger partial charge is 0.246 e. The second-order valence-corrected chi connectivity index (χ2v) is 12.8. The number of carbonyl (C=O) groups excluding carboxylic acids is 3. The molecule has 0 radical (unpaired) electrons. The van der Waals surface area contributed by atoms with Crippen LogP contribution in [0.1, 0.15) is 57.8 Å². The first kappa shape index (κ1) is 28.0. The van der Waals surface area contributed by atoms with Gasteiger partial charge in [-0.25, -0.2) is 0 Å². The number of anilines is 1. The van der Waals surface area contributed by atoms with Crippen molar-refractivity contribution in [3.05, 3.63) is 40.4 Å². The molecule has 5 atom stereocenters. The second-order valence-electron chi connectivity index (χ2n) is 12.0. The highest BCUT2D eigenvalue weighted by atomic mass is 35.5. The Morgan fingerprint density at radius 2 is 1.68 bits per heavy atom. The number of rotatable bonds is 7. The molecule has 1 spiro atoms. The van der Waals surface area contributed by atoms with Crippen molar-refractivity contribution < 1.29 is 19.1 Å². The van der Waals surface area contributed by atoms with Crippen LogP contribution in [-0.2, 0) is 19.1 Å². The molecule has 216 valence electrons. The van der Waals surface area contributed by atoms with Crippen molar-refractivity contribution in [3.8, 4) is 0 Å². The highest BCUT2D eigenvalue weighted by molar-refractivity contribution is 6.42. The van der Waals surface area contributed by atoms with Gasteiger partial charge in [0.2, 0.25) is 17.7 Å². The van der Waals surface area contributed by atoms with E-state index in [1.165, 1.54) is 19.3 Å². The van der Waals surface area contributed by atoms with E-state index in [4.69, 9.17) is 27.9 Å². The Balaban J connectivity index is 1.26. The van der Waals surface area contributed by atoms with Gasteiger partial charge in [0.05, 0.1) is 28.0 Å². The van der Waals surface area contributed by atoms with E-state index in [0.717, 1.165) is 51.6 Å². The Morgan fingerprint density at radius 1 is 0.950 bits per heavy atom. The molecule has 4 heterocycles. The first-order valence-corrected chi connectivity index (χ1v) is 15.6. The van der Waals surface area contributed by atoms with E-state index in [2.05, 4.69) is 15.5 Å². The Hall–Kier alpha value is -2.13. The highest BCUT2D eigenvalue weighted by Gasteiger charge is 2.72. The van der Waals surface area contributed by atoms with Crippen LogP contribution in [-0.4, -0.2) is 77.5 Å². The number of carbonyl (C=O) groups is 3. The maximum absolute atomic E-state index is 14.2. The summed E-state index contributed by atoms with van der Waals surface area (Å²) < 4.78 is 6.48. The lowest BCUT2D eigenvalue weighted by molar-refractivity contribution is -0.141. The Bertz CT molecular complexity index is 1180. The minimum atomic E-state index is -1.15. The predicted molar refractivity (Wildman–Crippen MR) is 154 cm³/mol. The molecule has 1 aromatic carbocycles. The molecule has 1 aromatic rings. The van der Waals surface area contributed by atoms with Crippen LogP contribution in [0.4, 0.5) is 5.69 Å².